The van der Waals surface area contributed by atoms with Gasteiger partial charge in [-0.05, 0) is 25.0 Å². The molecule has 0 saturated heterocycles. The predicted octanol–water partition coefficient (Wildman–Crippen LogP) is 3.59. The van der Waals surface area contributed by atoms with Gasteiger partial charge in [-0.3, -0.25) is 4.99 Å². The number of hydrogen-bond acceptors (Lipinski definition) is 5. The Balaban J connectivity index is 1.87. The zero-order chi connectivity index (χ0) is 19.6. The van der Waals surface area contributed by atoms with E-state index in [1.165, 1.54) is 11.1 Å². The van der Waals surface area contributed by atoms with Crippen LogP contribution in [0.1, 0.15) is 41.8 Å². The Bertz CT molecular complexity index is 715. The second-order valence-electron chi connectivity index (χ2n) is 6.27. The fourth-order valence-corrected chi connectivity index (χ4v) is 3.38. The molecule has 2 rings (SSSR count). The van der Waals surface area contributed by atoms with Gasteiger partial charge in [-0.15, -0.1) is 11.3 Å². The molecule has 1 unspecified atom stereocenters. The van der Waals surface area contributed by atoms with E-state index >= 15 is 0 Å². The molecule has 0 amide bonds. The molecule has 0 fully saturated rings. The van der Waals surface area contributed by atoms with Crippen molar-refractivity contribution in [3.63, 3.8) is 0 Å². The molecule has 1 heterocycles. The Morgan fingerprint density at radius 2 is 2.00 bits per heavy atom. The monoisotopic (exact) mass is 390 g/mol. The molecule has 7 heteroatoms. The van der Waals surface area contributed by atoms with E-state index in [-0.39, 0.29) is 6.10 Å². The Labute approximate surface area is 166 Å². The van der Waals surface area contributed by atoms with Gasteiger partial charge in [0.25, 0.3) is 0 Å². The summed E-state index contributed by atoms with van der Waals surface area (Å²) >= 11 is 1.63. The highest BCUT2D eigenvalue weighted by molar-refractivity contribution is 7.09. The molecule has 1 aromatic heterocycles. The van der Waals surface area contributed by atoms with Gasteiger partial charge in [0, 0.05) is 39.7 Å². The molecule has 2 aromatic rings. The number of thiazole rings is 1. The second-order valence-corrected chi connectivity index (χ2v) is 7.16. The maximum absolute atomic E-state index is 5.43. The van der Waals surface area contributed by atoms with E-state index in [9.17, 15) is 0 Å². The SMILES string of the molecule is CCOCc1ccc(CNC(=NC)N(C)Cc2csc(C(C)OC)n2)cc1. The molecule has 27 heavy (non-hydrogen) atoms. The first-order valence-electron chi connectivity index (χ1n) is 9.11. The number of rotatable bonds is 9. The minimum atomic E-state index is 0.0252. The molecule has 0 radical (unpaired) electrons. The molecule has 0 aliphatic rings. The Morgan fingerprint density at radius 1 is 1.30 bits per heavy atom. The Morgan fingerprint density at radius 3 is 2.63 bits per heavy atom. The lowest BCUT2D eigenvalue weighted by molar-refractivity contribution is 0.119. The van der Waals surface area contributed by atoms with E-state index in [0.29, 0.717) is 13.2 Å². The maximum atomic E-state index is 5.43. The van der Waals surface area contributed by atoms with E-state index in [2.05, 4.69) is 49.8 Å². The highest BCUT2D eigenvalue weighted by Gasteiger charge is 2.12. The third-order valence-electron chi connectivity index (χ3n) is 4.19. The van der Waals surface area contributed by atoms with Gasteiger partial charge in [-0.2, -0.15) is 0 Å². The molecule has 1 atom stereocenters. The van der Waals surface area contributed by atoms with Crippen LogP contribution in [0.2, 0.25) is 0 Å². The lowest BCUT2D eigenvalue weighted by atomic mass is 10.1. The molecular weight excluding hydrogens is 360 g/mol. The fourth-order valence-electron chi connectivity index (χ4n) is 2.54. The summed E-state index contributed by atoms with van der Waals surface area (Å²) < 4.78 is 10.8. The van der Waals surface area contributed by atoms with Crippen LogP contribution in [0.3, 0.4) is 0 Å². The maximum Gasteiger partial charge on any atom is 0.194 e. The van der Waals surface area contributed by atoms with Crippen LogP contribution in [0.5, 0.6) is 0 Å². The second kappa shape index (κ2) is 11.0. The van der Waals surface area contributed by atoms with Gasteiger partial charge < -0.3 is 19.7 Å². The number of nitrogens with one attached hydrogen (secondary N) is 1. The first-order chi connectivity index (χ1) is 13.1. The van der Waals surface area contributed by atoms with Gasteiger partial charge in [0.05, 0.1) is 18.8 Å². The van der Waals surface area contributed by atoms with Crippen molar-refractivity contribution in [3.05, 3.63) is 51.5 Å². The summed E-state index contributed by atoms with van der Waals surface area (Å²) in [6.45, 7) is 6.81. The van der Waals surface area contributed by atoms with Crippen LogP contribution in [0.25, 0.3) is 0 Å². The third-order valence-corrected chi connectivity index (χ3v) is 5.24. The van der Waals surface area contributed by atoms with Gasteiger partial charge in [-0.1, -0.05) is 24.3 Å². The minimum absolute atomic E-state index is 0.0252. The molecule has 0 spiro atoms. The predicted molar refractivity (Wildman–Crippen MR) is 111 cm³/mol. The molecule has 0 aliphatic heterocycles. The van der Waals surface area contributed by atoms with Crippen LogP contribution < -0.4 is 5.32 Å². The van der Waals surface area contributed by atoms with E-state index in [0.717, 1.165) is 29.8 Å². The fraction of sp³-hybridized carbons (Fsp3) is 0.500. The summed E-state index contributed by atoms with van der Waals surface area (Å²) in [5, 5.41) is 6.48. The van der Waals surface area contributed by atoms with Crippen LogP contribution in [-0.4, -0.2) is 43.7 Å². The van der Waals surface area contributed by atoms with Crippen molar-refractivity contribution in [2.75, 3.05) is 27.8 Å². The van der Waals surface area contributed by atoms with Gasteiger partial charge in [0.2, 0.25) is 0 Å². The topological polar surface area (TPSA) is 59.0 Å². The van der Waals surface area contributed by atoms with Gasteiger partial charge >= 0.3 is 0 Å². The van der Waals surface area contributed by atoms with Crippen LogP contribution >= 0.6 is 11.3 Å². The lowest BCUT2D eigenvalue weighted by Gasteiger charge is -2.21. The van der Waals surface area contributed by atoms with Crippen LogP contribution in [-0.2, 0) is 29.2 Å². The number of nitrogens with zero attached hydrogens (tertiary/aromatic N) is 3. The number of benzene rings is 1. The summed E-state index contributed by atoms with van der Waals surface area (Å²) in [4.78, 5) is 11.1. The molecule has 0 bridgehead atoms. The molecular formula is C20H30N4O2S. The van der Waals surface area contributed by atoms with Crippen molar-refractivity contribution in [2.24, 2.45) is 4.99 Å². The molecule has 0 saturated carbocycles. The van der Waals surface area contributed by atoms with Crippen molar-refractivity contribution >= 4 is 17.3 Å². The number of hydrogen-bond donors (Lipinski definition) is 1. The summed E-state index contributed by atoms with van der Waals surface area (Å²) in [5.41, 5.74) is 3.41. The number of guanidine groups is 1. The largest absolute Gasteiger partial charge is 0.377 e. The first kappa shape index (κ1) is 21.3. The van der Waals surface area contributed by atoms with E-state index in [4.69, 9.17) is 9.47 Å². The third kappa shape index (κ3) is 6.61. The summed E-state index contributed by atoms with van der Waals surface area (Å²) in [6, 6.07) is 8.45. The normalized spacial score (nSPS) is 12.9. The van der Waals surface area contributed by atoms with Gasteiger partial charge in [0.15, 0.2) is 5.96 Å². The number of aromatic nitrogens is 1. The molecule has 6 nitrogen and oxygen atoms in total. The number of aliphatic imine (C=N–C) groups is 1. The summed E-state index contributed by atoms with van der Waals surface area (Å²) in [5.74, 6) is 0.836. The standard InChI is InChI=1S/C20H30N4O2S/c1-6-26-13-17-9-7-16(8-10-17)11-22-20(21-3)24(4)12-18-14-27-19(23-18)15(2)25-5/h7-10,14-15H,6,11-13H2,1-5H3,(H,21,22). The highest BCUT2D eigenvalue weighted by atomic mass is 32.1. The average Bonchev–Trinajstić information content (AvgIpc) is 3.15. The van der Waals surface area contributed by atoms with Crippen LogP contribution in [0.4, 0.5) is 0 Å². The first-order valence-corrected chi connectivity index (χ1v) is 9.99. The summed E-state index contributed by atoms with van der Waals surface area (Å²) in [6.07, 6.45) is 0.0252. The van der Waals surface area contributed by atoms with Crippen molar-refractivity contribution < 1.29 is 9.47 Å². The van der Waals surface area contributed by atoms with Crippen molar-refractivity contribution in [2.45, 2.75) is 39.6 Å². The Hall–Kier alpha value is -1.96. The molecule has 1 N–H and O–H groups in total. The van der Waals surface area contributed by atoms with Crippen LogP contribution in [0, 0.1) is 0 Å². The molecule has 1 aromatic carbocycles. The quantitative estimate of drug-likeness (QED) is 0.524. The molecule has 148 valence electrons. The zero-order valence-corrected chi connectivity index (χ0v) is 17.7. The van der Waals surface area contributed by atoms with Gasteiger partial charge in [0.1, 0.15) is 11.1 Å². The summed E-state index contributed by atoms with van der Waals surface area (Å²) in [7, 11) is 5.51. The van der Waals surface area contributed by atoms with Crippen molar-refractivity contribution in [1.82, 2.24) is 15.2 Å². The van der Waals surface area contributed by atoms with E-state index in [1.54, 1.807) is 25.5 Å². The molecule has 0 aliphatic carbocycles. The zero-order valence-electron chi connectivity index (χ0n) is 16.9. The Kier molecular flexibility index (Phi) is 8.71. The van der Waals surface area contributed by atoms with E-state index in [1.807, 2.05) is 20.9 Å². The lowest BCUT2D eigenvalue weighted by Crippen LogP contribution is -2.38. The highest BCUT2D eigenvalue weighted by Crippen LogP contribution is 2.20. The van der Waals surface area contributed by atoms with Crippen LogP contribution in [0.15, 0.2) is 34.6 Å². The number of ether oxygens (including phenoxy) is 2. The minimum Gasteiger partial charge on any atom is -0.377 e. The average molecular weight is 391 g/mol. The van der Waals surface area contributed by atoms with Crippen molar-refractivity contribution in [1.29, 1.82) is 0 Å². The van der Waals surface area contributed by atoms with E-state index < -0.39 is 0 Å². The van der Waals surface area contributed by atoms with Crippen molar-refractivity contribution in [3.8, 4) is 0 Å². The number of methoxy groups -OCH3 is 1. The smallest absolute Gasteiger partial charge is 0.194 e. The van der Waals surface area contributed by atoms with Gasteiger partial charge in [-0.25, -0.2) is 4.98 Å².